The van der Waals surface area contributed by atoms with Crippen LogP contribution in [0.3, 0.4) is 0 Å². The highest BCUT2D eigenvalue weighted by molar-refractivity contribution is 6.30. The lowest BCUT2D eigenvalue weighted by Crippen LogP contribution is -2.47. The van der Waals surface area contributed by atoms with Crippen molar-refractivity contribution in [3.63, 3.8) is 0 Å². The average Bonchev–Trinajstić information content (AvgIpc) is 3.12. The number of aliphatic hydroxyl groups is 1. The van der Waals surface area contributed by atoms with Gasteiger partial charge < -0.3 is 9.67 Å². The lowest BCUT2D eigenvalue weighted by molar-refractivity contribution is 0.00996. The van der Waals surface area contributed by atoms with E-state index in [0.717, 1.165) is 0 Å². The molecule has 0 aliphatic heterocycles. The molecule has 1 atom stereocenters. The lowest BCUT2D eigenvalue weighted by Gasteiger charge is -2.34. The van der Waals surface area contributed by atoms with Crippen molar-refractivity contribution < 1.29 is 9.50 Å². The Labute approximate surface area is 143 Å². The molecule has 2 aromatic rings. The van der Waals surface area contributed by atoms with E-state index < -0.39 is 16.3 Å². The van der Waals surface area contributed by atoms with E-state index in [1.54, 1.807) is 12.1 Å². The van der Waals surface area contributed by atoms with Gasteiger partial charge in [0.1, 0.15) is 23.2 Å². The van der Waals surface area contributed by atoms with Gasteiger partial charge in [-0.1, -0.05) is 23.7 Å². The van der Waals surface area contributed by atoms with Crippen LogP contribution in [0.1, 0.15) is 24.1 Å². The quantitative estimate of drug-likeness (QED) is 0.839. The molecule has 120 valence electrons. The van der Waals surface area contributed by atoms with Crippen molar-refractivity contribution in [1.29, 1.82) is 5.26 Å². The summed E-state index contributed by atoms with van der Waals surface area (Å²) in [5.41, 5.74) is -0.798. The largest absolute Gasteiger partial charge is 0.386 e. The van der Waals surface area contributed by atoms with E-state index in [1.807, 2.05) is 6.07 Å². The van der Waals surface area contributed by atoms with Crippen molar-refractivity contribution in [2.24, 2.45) is 0 Å². The monoisotopic (exact) mass is 353 g/mol. The summed E-state index contributed by atoms with van der Waals surface area (Å²) in [6, 6.07) is 6.67. The standard InChI is InChI=1S/C16H14Cl2FN3O/c17-13-3-1-2-11(14(13)19)6-16(23,15(18)4-5-15)9-22-10-21-8-12(22)7-20/h1-3,8,10,23H,4-6,9H2. The molecule has 1 fully saturated rings. The number of halogens is 3. The molecule has 1 N–H and O–H groups in total. The van der Waals surface area contributed by atoms with Crippen LogP contribution < -0.4 is 0 Å². The number of nitrogens with zero attached hydrogens (tertiary/aromatic N) is 3. The maximum atomic E-state index is 14.2. The number of nitriles is 1. The van der Waals surface area contributed by atoms with Crippen LogP contribution in [0.4, 0.5) is 4.39 Å². The normalized spacial score (nSPS) is 18.2. The van der Waals surface area contributed by atoms with Crippen LogP contribution in [0.25, 0.3) is 0 Å². The first-order valence-electron chi connectivity index (χ1n) is 7.13. The summed E-state index contributed by atoms with van der Waals surface area (Å²) in [4.78, 5) is 3.07. The Morgan fingerprint density at radius 2 is 2.22 bits per heavy atom. The van der Waals surface area contributed by atoms with Gasteiger partial charge in [0.05, 0.1) is 29.0 Å². The third kappa shape index (κ3) is 2.94. The van der Waals surface area contributed by atoms with Crippen molar-refractivity contribution in [1.82, 2.24) is 9.55 Å². The molecule has 1 saturated carbocycles. The van der Waals surface area contributed by atoms with Gasteiger partial charge in [-0.25, -0.2) is 9.37 Å². The minimum absolute atomic E-state index is 0.00427. The van der Waals surface area contributed by atoms with Gasteiger partial charge in [0.15, 0.2) is 0 Å². The van der Waals surface area contributed by atoms with Gasteiger partial charge in [-0.15, -0.1) is 11.6 Å². The van der Waals surface area contributed by atoms with Crippen molar-refractivity contribution in [3.05, 3.63) is 52.8 Å². The molecule has 0 spiro atoms. The summed E-state index contributed by atoms with van der Waals surface area (Å²) in [7, 11) is 0. The Kier molecular flexibility index (Phi) is 4.09. The third-order valence-electron chi connectivity index (χ3n) is 4.30. The van der Waals surface area contributed by atoms with E-state index in [0.29, 0.717) is 24.1 Å². The van der Waals surface area contributed by atoms with Crippen molar-refractivity contribution in [3.8, 4) is 6.07 Å². The zero-order chi connectivity index (χ0) is 16.7. The van der Waals surface area contributed by atoms with Crippen molar-refractivity contribution in [2.75, 3.05) is 0 Å². The number of hydrogen-bond donors (Lipinski definition) is 1. The van der Waals surface area contributed by atoms with Gasteiger partial charge in [0, 0.05) is 6.42 Å². The minimum Gasteiger partial charge on any atom is -0.386 e. The van der Waals surface area contributed by atoms with Crippen LogP contribution in [0, 0.1) is 17.1 Å². The predicted octanol–water partition coefficient (Wildman–Crippen LogP) is 3.29. The van der Waals surface area contributed by atoms with Crippen LogP contribution in [0.2, 0.25) is 5.02 Å². The molecule has 0 radical (unpaired) electrons. The number of aromatic nitrogens is 2. The number of benzene rings is 1. The van der Waals surface area contributed by atoms with Gasteiger partial charge in [-0.3, -0.25) is 0 Å². The summed E-state index contributed by atoms with van der Waals surface area (Å²) in [5, 5.41) is 20.3. The Hall–Kier alpha value is -1.61. The van der Waals surface area contributed by atoms with Gasteiger partial charge >= 0.3 is 0 Å². The molecule has 0 saturated heterocycles. The van der Waals surface area contributed by atoms with Crippen LogP contribution in [0.15, 0.2) is 30.7 Å². The van der Waals surface area contributed by atoms with Gasteiger partial charge in [0.2, 0.25) is 0 Å². The second kappa shape index (κ2) is 5.79. The molecule has 1 aliphatic carbocycles. The zero-order valence-corrected chi connectivity index (χ0v) is 13.6. The highest BCUT2D eigenvalue weighted by atomic mass is 35.5. The summed E-state index contributed by atoms with van der Waals surface area (Å²) in [6.07, 6.45) is 4.13. The topological polar surface area (TPSA) is 61.8 Å². The molecule has 1 unspecified atom stereocenters. The Morgan fingerprint density at radius 3 is 2.87 bits per heavy atom. The first-order valence-corrected chi connectivity index (χ1v) is 7.88. The molecule has 1 heterocycles. The van der Waals surface area contributed by atoms with E-state index >= 15 is 0 Å². The predicted molar refractivity (Wildman–Crippen MR) is 84.8 cm³/mol. The van der Waals surface area contributed by atoms with Gasteiger partial charge in [-0.2, -0.15) is 5.26 Å². The maximum absolute atomic E-state index is 14.2. The minimum atomic E-state index is -1.41. The summed E-state index contributed by atoms with van der Waals surface area (Å²) >= 11 is 12.3. The summed E-state index contributed by atoms with van der Waals surface area (Å²) in [6.45, 7) is 0.0609. The van der Waals surface area contributed by atoms with E-state index in [4.69, 9.17) is 28.5 Å². The Bertz CT molecular complexity index is 782. The number of alkyl halides is 1. The Balaban J connectivity index is 1.95. The van der Waals surface area contributed by atoms with Crippen molar-refractivity contribution >= 4 is 23.2 Å². The second-order valence-corrected chi connectivity index (χ2v) is 7.04. The number of hydrogen-bond acceptors (Lipinski definition) is 3. The SMILES string of the molecule is N#Cc1cncn1CC(O)(Cc1cccc(Cl)c1F)C1(Cl)CC1. The Morgan fingerprint density at radius 1 is 1.48 bits per heavy atom. The number of rotatable bonds is 5. The first-order chi connectivity index (χ1) is 10.9. The summed E-state index contributed by atoms with van der Waals surface area (Å²) in [5.74, 6) is -0.556. The molecular weight excluding hydrogens is 340 g/mol. The van der Waals surface area contributed by atoms with E-state index in [-0.39, 0.29) is 18.0 Å². The molecule has 1 aromatic heterocycles. The molecule has 7 heteroatoms. The average molecular weight is 354 g/mol. The molecule has 23 heavy (non-hydrogen) atoms. The molecule has 0 amide bonds. The molecule has 1 aliphatic rings. The first kappa shape index (κ1) is 16.3. The third-order valence-corrected chi connectivity index (χ3v) is 5.32. The fourth-order valence-electron chi connectivity index (χ4n) is 2.75. The smallest absolute Gasteiger partial charge is 0.145 e. The lowest BCUT2D eigenvalue weighted by atomic mass is 9.88. The zero-order valence-electron chi connectivity index (χ0n) is 12.1. The van der Waals surface area contributed by atoms with Crippen LogP contribution in [0.5, 0.6) is 0 Å². The second-order valence-electron chi connectivity index (χ2n) is 5.91. The fraction of sp³-hybridized carbons (Fsp3) is 0.375. The van der Waals surface area contributed by atoms with E-state index in [9.17, 15) is 9.50 Å². The molecule has 0 bridgehead atoms. The highest BCUT2D eigenvalue weighted by Gasteiger charge is 2.58. The molecule has 1 aromatic carbocycles. The number of imidazole rings is 1. The van der Waals surface area contributed by atoms with E-state index in [1.165, 1.54) is 23.2 Å². The molecule has 4 nitrogen and oxygen atoms in total. The fourth-order valence-corrected chi connectivity index (χ4v) is 3.17. The maximum Gasteiger partial charge on any atom is 0.145 e. The van der Waals surface area contributed by atoms with Gasteiger partial charge in [-0.05, 0) is 24.5 Å². The van der Waals surface area contributed by atoms with Crippen LogP contribution >= 0.6 is 23.2 Å². The van der Waals surface area contributed by atoms with Crippen LogP contribution in [-0.4, -0.2) is 25.1 Å². The summed E-state index contributed by atoms with van der Waals surface area (Å²) < 4.78 is 15.7. The highest BCUT2D eigenvalue weighted by Crippen LogP contribution is 2.53. The van der Waals surface area contributed by atoms with E-state index in [2.05, 4.69) is 4.98 Å². The molecule has 3 rings (SSSR count). The molecular formula is C16H14Cl2FN3O. The van der Waals surface area contributed by atoms with Crippen molar-refractivity contribution in [2.45, 2.75) is 36.3 Å². The van der Waals surface area contributed by atoms with Crippen LogP contribution in [-0.2, 0) is 13.0 Å². The van der Waals surface area contributed by atoms with Gasteiger partial charge in [0.25, 0.3) is 0 Å².